The molecule has 1 heterocycles. The van der Waals surface area contributed by atoms with Crippen LogP contribution < -0.4 is 0 Å². The number of allylic oxidation sites excluding steroid dienone is 1. The summed E-state index contributed by atoms with van der Waals surface area (Å²) in [6.07, 6.45) is 5.38. The summed E-state index contributed by atoms with van der Waals surface area (Å²) in [5.41, 5.74) is 2.58. The molecule has 1 N–H and O–H groups in total. The molecule has 2 rings (SSSR count). The Labute approximate surface area is 130 Å². The van der Waals surface area contributed by atoms with Gasteiger partial charge in [0.05, 0.1) is 0 Å². The van der Waals surface area contributed by atoms with E-state index in [1.54, 1.807) is 11.0 Å². The fourth-order valence-corrected chi connectivity index (χ4v) is 2.55. The van der Waals surface area contributed by atoms with E-state index in [-0.39, 0.29) is 12.5 Å². The van der Waals surface area contributed by atoms with Crippen molar-refractivity contribution in [2.75, 3.05) is 13.2 Å². The number of hydrogen-bond acceptors (Lipinski definition) is 2. The Hall–Kier alpha value is -1.58. The van der Waals surface area contributed by atoms with E-state index in [4.69, 9.17) is 16.7 Å². The molecule has 0 bridgehead atoms. The SMILES string of the molecule is C=C1C(c2ccc(Cl)cc2)=CC(=O)N1CCCCCCO. The van der Waals surface area contributed by atoms with Crippen molar-refractivity contribution < 1.29 is 9.90 Å². The lowest BCUT2D eigenvalue weighted by Gasteiger charge is -2.19. The number of unbranched alkanes of at least 4 members (excludes halogenated alkanes) is 3. The maximum atomic E-state index is 12.1. The van der Waals surface area contributed by atoms with E-state index in [1.165, 1.54) is 0 Å². The minimum Gasteiger partial charge on any atom is -0.396 e. The number of aliphatic hydroxyl groups is 1. The summed E-state index contributed by atoms with van der Waals surface area (Å²) in [6.45, 7) is 4.96. The minimum absolute atomic E-state index is 0.00731. The molecule has 0 aromatic heterocycles. The van der Waals surface area contributed by atoms with Gasteiger partial charge in [-0.05, 0) is 30.5 Å². The van der Waals surface area contributed by atoms with Crippen molar-refractivity contribution in [3.63, 3.8) is 0 Å². The summed E-state index contributed by atoms with van der Waals surface area (Å²) in [4.78, 5) is 13.8. The second kappa shape index (κ2) is 7.43. The Balaban J connectivity index is 1.95. The molecule has 0 spiro atoms. The van der Waals surface area contributed by atoms with Crippen LogP contribution in [0.4, 0.5) is 0 Å². The topological polar surface area (TPSA) is 40.5 Å². The Morgan fingerprint density at radius 1 is 1.10 bits per heavy atom. The van der Waals surface area contributed by atoms with Crippen molar-refractivity contribution in [1.82, 2.24) is 4.90 Å². The van der Waals surface area contributed by atoms with E-state index in [0.717, 1.165) is 42.5 Å². The molecule has 21 heavy (non-hydrogen) atoms. The number of benzene rings is 1. The molecule has 1 aliphatic rings. The predicted molar refractivity (Wildman–Crippen MR) is 85.8 cm³/mol. The molecule has 3 nitrogen and oxygen atoms in total. The second-order valence-electron chi connectivity index (χ2n) is 5.14. The van der Waals surface area contributed by atoms with Crippen LogP contribution in [0, 0.1) is 0 Å². The third-order valence-corrected chi connectivity index (χ3v) is 3.87. The molecule has 0 unspecified atom stereocenters. The van der Waals surface area contributed by atoms with Gasteiger partial charge in [0.25, 0.3) is 5.91 Å². The van der Waals surface area contributed by atoms with Crippen molar-refractivity contribution >= 4 is 23.1 Å². The van der Waals surface area contributed by atoms with Crippen LogP contribution in [0.15, 0.2) is 42.6 Å². The highest BCUT2D eigenvalue weighted by atomic mass is 35.5. The second-order valence-corrected chi connectivity index (χ2v) is 5.58. The quantitative estimate of drug-likeness (QED) is 0.781. The average Bonchev–Trinajstić information content (AvgIpc) is 2.75. The Bertz CT molecular complexity index is 548. The van der Waals surface area contributed by atoms with Crippen molar-refractivity contribution in [2.45, 2.75) is 25.7 Å². The first-order chi connectivity index (χ1) is 10.1. The van der Waals surface area contributed by atoms with Gasteiger partial charge in [-0.2, -0.15) is 0 Å². The molecule has 0 aliphatic carbocycles. The summed E-state index contributed by atoms with van der Waals surface area (Å²) in [7, 11) is 0. The van der Waals surface area contributed by atoms with Crippen LogP contribution in [0.2, 0.25) is 5.02 Å². The van der Waals surface area contributed by atoms with Crippen LogP contribution in [0.25, 0.3) is 5.57 Å². The van der Waals surface area contributed by atoms with Gasteiger partial charge in [0.15, 0.2) is 0 Å². The number of hydrogen-bond donors (Lipinski definition) is 1. The van der Waals surface area contributed by atoms with E-state index in [2.05, 4.69) is 6.58 Å². The lowest BCUT2D eigenvalue weighted by Crippen LogP contribution is -2.25. The number of carbonyl (C=O) groups is 1. The van der Waals surface area contributed by atoms with Gasteiger partial charge in [0, 0.05) is 35.5 Å². The lowest BCUT2D eigenvalue weighted by molar-refractivity contribution is -0.123. The number of halogens is 1. The Kier molecular flexibility index (Phi) is 5.59. The van der Waals surface area contributed by atoms with E-state index in [0.29, 0.717) is 11.6 Å². The number of rotatable bonds is 7. The van der Waals surface area contributed by atoms with E-state index < -0.39 is 0 Å². The van der Waals surface area contributed by atoms with Gasteiger partial charge in [0.2, 0.25) is 0 Å². The van der Waals surface area contributed by atoms with E-state index in [9.17, 15) is 4.79 Å². The monoisotopic (exact) mass is 305 g/mol. The molecule has 112 valence electrons. The molecule has 0 saturated carbocycles. The molecule has 0 fully saturated rings. The number of carbonyl (C=O) groups excluding carboxylic acids is 1. The van der Waals surface area contributed by atoms with Crippen LogP contribution in [-0.2, 0) is 4.79 Å². The van der Waals surface area contributed by atoms with Crippen LogP contribution in [0.3, 0.4) is 0 Å². The van der Waals surface area contributed by atoms with Crippen molar-refractivity contribution in [1.29, 1.82) is 0 Å². The third kappa shape index (κ3) is 3.96. The van der Waals surface area contributed by atoms with Crippen molar-refractivity contribution in [3.8, 4) is 0 Å². The molecule has 0 saturated heterocycles. The maximum Gasteiger partial charge on any atom is 0.251 e. The van der Waals surface area contributed by atoms with Gasteiger partial charge < -0.3 is 10.0 Å². The molecule has 4 heteroatoms. The first-order valence-corrected chi connectivity index (χ1v) is 7.60. The highest BCUT2D eigenvalue weighted by molar-refractivity contribution is 6.30. The highest BCUT2D eigenvalue weighted by Gasteiger charge is 2.25. The summed E-state index contributed by atoms with van der Waals surface area (Å²) in [5.74, 6) is -0.00731. The zero-order chi connectivity index (χ0) is 15.2. The van der Waals surface area contributed by atoms with Gasteiger partial charge in [-0.25, -0.2) is 0 Å². The largest absolute Gasteiger partial charge is 0.396 e. The fraction of sp³-hybridized carbons (Fsp3) is 0.353. The lowest BCUT2D eigenvalue weighted by atomic mass is 10.0. The molecular formula is C17H20ClNO2. The Morgan fingerprint density at radius 3 is 2.43 bits per heavy atom. The smallest absolute Gasteiger partial charge is 0.251 e. The zero-order valence-corrected chi connectivity index (χ0v) is 12.8. The van der Waals surface area contributed by atoms with E-state index in [1.807, 2.05) is 24.3 Å². The molecule has 1 aliphatic heterocycles. The average molecular weight is 306 g/mol. The number of aliphatic hydroxyl groups excluding tert-OH is 1. The molecule has 1 aromatic rings. The van der Waals surface area contributed by atoms with Gasteiger partial charge in [-0.3, -0.25) is 4.79 Å². The normalized spacial score (nSPS) is 14.8. The van der Waals surface area contributed by atoms with E-state index >= 15 is 0 Å². The van der Waals surface area contributed by atoms with Gasteiger partial charge in [-0.15, -0.1) is 0 Å². The number of amides is 1. The van der Waals surface area contributed by atoms with Gasteiger partial charge in [0.1, 0.15) is 0 Å². The minimum atomic E-state index is -0.00731. The predicted octanol–water partition coefficient (Wildman–Crippen LogP) is 3.63. The molecule has 0 atom stereocenters. The van der Waals surface area contributed by atoms with Gasteiger partial charge >= 0.3 is 0 Å². The maximum absolute atomic E-state index is 12.1. The molecule has 0 radical (unpaired) electrons. The number of nitrogens with zero attached hydrogens (tertiary/aromatic N) is 1. The van der Waals surface area contributed by atoms with Crippen LogP contribution >= 0.6 is 11.6 Å². The zero-order valence-electron chi connectivity index (χ0n) is 12.0. The summed E-state index contributed by atoms with van der Waals surface area (Å²) < 4.78 is 0. The van der Waals surface area contributed by atoms with Crippen LogP contribution in [0.1, 0.15) is 31.2 Å². The first-order valence-electron chi connectivity index (χ1n) is 7.23. The highest BCUT2D eigenvalue weighted by Crippen LogP contribution is 2.31. The fourth-order valence-electron chi connectivity index (χ4n) is 2.42. The molecule has 1 amide bonds. The third-order valence-electron chi connectivity index (χ3n) is 3.62. The molecule has 1 aromatic carbocycles. The van der Waals surface area contributed by atoms with Gasteiger partial charge in [-0.1, -0.05) is 43.2 Å². The summed E-state index contributed by atoms with van der Waals surface area (Å²) in [6, 6.07) is 7.43. The van der Waals surface area contributed by atoms with Crippen LogP contribution in [0.5, 0.6) is 0 Å². The first kappa shape index (κ1) is 15.8. The van der Waals surface area contributed by atoms with Crippen molar-refractivity contribution in [2.24, 2.45) is 0 Å². The van der Waals surface area contributed by atoms with Crippen LogP contribution in [-0.4, -0.2) is 29.1 Å². The Morgan fingerprint density at radius 2 is 1.76 bits per heavy atom. The van der Waals surface area contributed by atoms with Crippen molar-refractivity contribution in [3.05, 3.63) is 53.2 Å². The molecular weight excluding hydrogens is 286 g/mol. The summed E-state index contributed by atoms with van der Waals surface area (Å²) in [5, 5.41) is 9.42. The summed E-state index contributed by atoms with van der Waals surface area (Å²) >= 11 is 5.89. The standard InChI is InChI=1S/C17H20ClNO2/c1-13-16(14-6-8-15(18)9-7-14)12-17(21)19(13)10-4-2-3-5-11-20/h6-9,12,20H,1-5,10-11H2.